The second-order valence-corrected chi connectivity index (χ2v) is 12.1. The summed E-state index contributed by atoms with van der Waals surface area (Å²) in [6.07, 6.45) is 0.351. The topological polar surface area (TPSA) is 83.6 Å². The van der Waals surface area contributed by atoms with Crippen LogP contribution in [0.4, 0.5) is 4.79 Å². The van der Waals surface area contributed by atoms with Crippen molar-refractivity contribution in [3.05, 3.63) is 34.2 Å². The van der Waals surface area contributed by atoms with Gasteiger partial charge < -0.3 is 19.5 Å². The maximum Gasteiger partial charge on any atom is 0.404 e. The van der Waals surface area contributed by atoms with E-state index in [4.69, 9.17) is 14.9 Å². The highest BCUT2D eigenvalue weighted by Gasteiger charge is 2.37. The summed E-state index contributed by atoms with van der Waals surface area (Å²) in [5.74, 6) is 0. The Labute approximate surface area is 138 Å². The lowest BCUT2D eigenvalue weighted by Gasteiger charge is -2.36. The average Bonchev–Trinajstić information content (AvgIpc) is 2.37. The van der Waals surface area contributed by atoms with Crippen LogP contribution in [0.3, 0.4) is 0 Å². The van der Waals surface area contributed by atoms with E-state index in [1.807, 2.05) is 0 Å². The lowest BCUT2D eigenvalue weighted by molar-refractivity contribution is 0.105. The van der Waals surface area contributed by atoms with Gasteiger partial charge in [0.15, 0.2) is 8.32 Å². The molecule has 0 saturated heterocycles. The Morgan fingerprint density at radius 2 is 2.00 bits per heavy atom. The zero-order valence-electron chi connectivity index (χ0n) is 14.9. The minimum absolute atomic E-state index is 0.0879. The summed E-state index contributed by atoms with van der Waals surface area (Å²) in [6, 6.07) is 3.56. The van der Waals surface area contributed by atoms with Crippen molar-refractivity contribution >= 4 is 14.4 Å². The molecule has 0 aliphatic heterocycles. The van der Waals surface area contributed by atoms with E-state index in [0.29, 0.717) is 12.2 Å². The van der Waals surface area contributed by atoms with Gasteiger partial charge in [0.1, 0.15) is 6.10 Å². The number of rotatable bonds is 6. The van der Waals surface area contributed by atoms with Gasteiger partial charge in [0.2, 0.25) is 0 Å². The van der Waals surface area contributed by atoms with E-state index >= 15 is 0 Å². The van der Waals surface area contributed by atoms with Crippen LogP contribution >= 0.6 is 0 Å². The SMILES string of the molecule is CC(Cn1cccc(CO[Si](C)(C)C(C)(C)C)c1=O)OC(N)=O. The van der Waals surface area contributed by atoms with Crippen LogP contribution in [0.15, 0.2) is 23.1 Å². The second-order valence-electron chi connectivity index (χ2n) is 7.29. The van der Waals surface area contributed by atoms with Crippen LogP contribution in [0, 0.1) is 0 Å². The monoisotopic (exact) mass is 340 g/mol. The molecule has 1 rings (SSSR count). The molecule has 23 heavy (non-hydrogen) atoms. The number of carbonyl (C=O) groups excluding carboxylic acids is 1. The third-order valence-corrected chi connectivity index (χ3v) is 8.74. The summed E-state index contributed by atoms with van der Waals surface area (Å²) >= 11 is 0. The number of aromatic nitrogens is 1. The maximum absolute atomic E-state index is 12.5. The first kappa shape index (κ1) is 19.4. The number of ether oxygens (including phenoxy) is 1. The zero-order chi connectivity index (χ0) is 17.8. The van der Waals surface area contributed by atoms with Crippen LogP contribution in [-0.2, 0) is 22.3 Å². The first-order valence-electron chi connectivity index (χ1n) is 7.72. The maximum atomic E-state index is 12.5. The summed E-state index contributed by atoms with van der Waals surface area (Å²) < 4.78 is 12.5. The molecular weight excluding hydrogens is 312 g/mol. The molecule has 1 unspecified atom stereocenters. The molecule has 1 aromatic rings. The van der Waals surface area contributed by atoms with E-state index in [2.05, 4.69) is 33.9 Å². The summed E-state index contributed by atoms with van der Waals surface area (Å²) in [5.41, 5.74) is 5.45. The fourth-order valence-corrected chi connectivity index (χ4v) is 2.78. The molecule has 0 spiro atoms. The van der Waals surface area contributed by atoms with E-state index in [-0.39, 0.29) is 17.1 Å². The smallest absolute Gasteiger partial charge is 0.404 e. The fourth-order valence-electron chi connectivity index (χ4n) is 1.83. The molecule has 1 amide bonds. The van der Waals surface area contributed by atoms with Gasteiger partial charge in [0, 0.05) is 11.8 Å². The molecule has 0 fully saturated rings. The van der Waals surface area contributed by atoms with Crippen molar-refractivity contribution in [3.63, 3.8) is 0 Å². The standard InChI is InChI=1S/C16H28N2O4Si/c1-12(22-15(17)20)10-18-9-7-8-13(14(18)19)11-21-23(5,6)16(2,3)4/h7-9,12H,10-11H2,1-6H3,(H2,17,20). The molecule has 6 nitrogen and oxygen atoms in total. The minimum Gasteiger partial charge on any atom is -0.445 e. The number of nitrogens with zero attached hydrogens (tertiary/aromatic N) is 1. The Hall–Kier alpha value is -1.60. The zero-order valence-corrected chi connectivity index (χ0v) is 15.9. The molecule has 7 heteroatoms. The van der Waals surface area contributed by atoms with E-state index < -0.39 is 20.5 Å². The third-order valence-electron chi connectivity index (χ3n) is 4.26. The Bertz CT molecular complexity index is 605. The van der Waals surface area contributed by atoms with Gasteiger partial charge in [0.25, 0.3) is 5.56 Å². The Kier molecular flexibility index (Phi) is 6.18. The van der Waals surface area contributed by atoms with Gasteiger partial charge in [-0.1, -0.05) is 20.8 Å². The van der Waals surface area contributed by atoms with Gasteiger partial charge in [-0.2, -0.15) is 0 Å². The number of carbonyl (C=O) groups is 1. The van der Waals surface area contributed by atoms with Crippen molar-refractivity contribution in [2.45, 2.75) is 65.1 Å². The molecular formula is C16H28N2O4Si. The molecule has 0 aromatic carbocycles. The highest BCUT2D eigenvalue weighted by molar-refractivity contribution is 6.74. The van der Waals surface area contributed by atoms with Crippen LogP contribution in [0.1, 0.15) is 33.3 Å². The van der Waals surface area contributed by atoms with Crippen molar-refractivity contribution in [2.24, 2.45) is 5.73 Å². The lowest BCUT2D eigenvalue weighted by Crippen LogP contribution is -2.41. The second kappa shape index (κ2) is 7.31. The number of hydrogen-bond donors (Lipinski definition) is 1. The van der Waals surface area contributed by atoms with Gasteiger partial charge in [-0.3, -0.25) is 4.79 Å². The molecule has 2 N–H and O–H groups in total. The fraction of sp³-hybridized carbons (Fsp3) is 0.625. The summed E-state index contributed by atoms with van der Waals surface area (Å²) in [4.78, 5) is 23.2. The normalized spacial score (nSPS) is 13.7. The number of nitrogens with two attached hydrogens (primary N) is 1. The van der Waals surface area contributed by atoms with Crippen LogP contribution in [-0.4, -0.2) is 25.1 Å². The van der Waals surface area contributed by atoms with Crippen LogP contribution < -0.4 is 11.3 Å². The first-order chi connectivity index (χ1) is 10.4. The Morgan fingerprint density at radius 3 is 2.52 bits per heavy atom. The van der Waals surface area contributed by atoms with Crippen LogP contribution in [0.5, 0.6) is 0 Å². The largest absolute Gasteiger partial charge is 0.445 e. The predicted molar refractivity (Wildman–Crippen MR) is 92.8 cm³/mol. The van der Waals surface area contributed by atoms with Gasteiger partial charge in [-0.25, -0.2) is 4.79 Å². The Balaban J connectivity index is 2.85. The molecule has 1 atom stereocenters. The van der Waals surface area contributed by atoms with E-state index in [1.54, 1.807) is 25.3 Å². The van der Waals surface area contributed by atoms with E-state index in [9.17, 15) is 9.59 Å². The average molecular weight is 340 g/mol. The Morgan fingerprint density at radius 1 is 1.39 bits per heavy atom. The summed E-state index contributed by atoms with van der Waals surface area (Å²) in [7, 11) is -1.92. The lowest BCUT2D eigenvalue weighted by atomic mass is 10.2. The predicted octanol–water partition coefficient (Wildman–Crippen LogP) is 2.85. The van der Waals surface area contributed by atoms with E-state index in [0.717, 1.165) is 0 Å². The highest BCUT2D eigenvalue weighted by atomic mass is 28.4. The van der Waals surface area contributed by atoms with Gasteiger partial charge in [-0.15, -0.1) is 0 Å². The minimum atomic E-state index is -1.92. The molecule has 1 heterocycles. The van der Waals surface area contributed by atoms with Gasteiger partial charge in [0.05, 0.1) is 13.2 Å². The number of primary amides is 1. The first-order valence-corrected chi connectivity index (χ1v) is 10.6. The third kappa shape index (κ3) is 5.51. The van der Waals surface area contributed by atoms with Crippen molar-refractivity contribution in [1.29, 1.82) is 0 Å². The van der Waals surface area contributed by atoms with Gasteiger partial charge >= 0.3 is 6.09 Å². The number of hydrogen-bond acceptors (Lipinski definition) is 4. The number of amides is 1. The molecule has 0 aliphatic rings. The van der Waals surface area contributed by atoms with Crippen LogP contribution in [0.2, 0.25) is 18.1 Å². The van der Waals surface area contributed by atoms with E-state index in [1.165, 1.54) is 4.57 Å². The molecule has 0 aliphatic carbocycles. The molecule has 0 radical (unpaired) electrons. The molecule has 0 saturated carbocycles. The van der Waals surface area contributed by atoms with Crippen molar-refractivity contribution in [3.8, 4) is 0 Å². The summed E-state index contributed by atoms with van der Waals surface area (Å²) in [5, 5.41) is 0.0879. The number of pyridine rings is 1. The molecule has 0 bridgehead atoms. The molecule has 130 valence electrons. The summed E-state index contributed by atoms with van der Waals surface area (Å²) in [6.45, 7) is 13.0. The van der Waals surface area contributed by atoms with Gasteiger partial charge in [-0.05, 0) is 37.2 Å². The quantitative estimate of drug-likeness (QED) is 0.807. The molecule has 1 aromatic heterocycles. The van der Waals surface area contributed by atoms with Crippen molar-refractivity contribution < 1.29 is 14.0 Å². The van der Waals surface area contributed by atoms with Crippen LogP contribution in [0.25, 0.3) is 0 Å². The highest BCUT2D eigenvalue weighted by Crippen LogP contribution is 2.36. The van der Waals surface area contributed by atoms with Crippen molar-refractivity contribution in [1.82, 2.24) is 4.57 Å². The van der Waals surface area contributed by atoms with Crippen molar-refractivity contribution in [2.75, 3.05) is 0 Å².